The number of hydrogen-bond acceptors (Lipinski definition) is 1. The van der Waals surface area contributed by atoms with Gasteiger partial charge < -0.3 is 4.90 Å². The predicted molar refractivity (Wildman–Crippen MR) is 158 cm³/mol. The molecule has 0 heterocycles. The predicted octanol–water partition coefficient (Wildman–Crippen LogP) is 11.4. The lowest BCUT2D eigenvalue weighted by Gasteiger charge is -2.26. The molecule has 34 heavy (non-hydrogen) atoms. The van der Waals surface area contributed by atoms with Crippen LogP contribution in [0.4, 0.5) is 17.1 Å². The van der Waals surface area contributed by atoms with Crippen LogP contribution in [-0.2, 0) is 0 Å². The molecule has 0 aliphatic rings. The van der Waals surface area contributed by atoms with Crippen LogP contribution >= 0.6 is 0 Å². The van der Waals surface area contributed by atoms with E-state index in [1.807, 2.05) is 26.0 Å². The molecule has 0 saturated heterocycles. The van der Waals surface area contributed by atoms with Gasteiger partial charge in [0.25, 0.3) is 0 Å². The van der Waals surface area contributed by atoms with E-state index in [-0.39, 0.29) is 0 Å². The van der Waals surface area contributed by atoms with Crippen molar-refractivity contribution in [2.45, 2.75) is 81.1 Å². The highest BCUT2D eigenvalue weighted by atomic mass is 15.1. The number of anilines is 3. The maximum absolute atomic E-state index is 3.89. The first-order valence-corrected chi connectivity index (χ1v) is 13.0. The molecule has 0 N–H and O–H groups in total. The van der Waals surface area contributed by atoms with Crippen LogP contribution in [0.5, 0.6) is 0 Å². The molecule has 0 aliphatic carbocycles. The molecule has 1 nitrogen and oxygen atoms in total. The number of para-hydroxylation sites is 1. The molecule has 3 rings (SSSR count). The van der Waals surface area contributed by atoms with Crippen molar-refractivity contribution in [2.24, 2.45) is 5.92 Å². The van der Waals surface area contributed by atoms with Crippen molar-refractivity contribution in [3.63, 3.8) is 0 Å². The Bertz CT molecular complexity index is 876. The Hall–Kier alpha value is -2.80. The minimum atomic E-state index is 0.535. The maximum Gasteiger partial charge on any atom is 0.0467 e. The number of nitrogens with zero attached hydrogens (tertiary/aromatic N) is 1. The first kappa shape index (κ1) is 31.2. The Morgan fingerprint density at radius 3 is 1.62 bits per heavy atom. The summed E-state index contributed by atoms with van der Waals surface area (Å²) in [6.45, 7) is 23.2. The molecule has 0 bridgehead atoms. The van der Waals surface area contributed by atoms with E-state index in [4.69, 9.17) is 0 Å². The van der Waals surface area contributed by atoms with Crippen LogP contribution in [0, 0.1) is 5.92 Å². The second kappa shape index (κ2) is 18.6. The zero-order valence-corrected chi connectivity index (χ0v) is 23.3. The lowest BCUT2D eigenvalue weighted by Crippen LogP contribution is -2.10. The molecule has 186 valence electrons. The average molecular weight is 460 g/mol. The van der Waals surface area contributed by atoms with Gasteiger partial charge in [-0.25, -0.2) is 0 Å². The molecule has 3 aromatic rings. The Morgan fingerprint density at radius 1 is 0.706 bits per heavy atom. The molecule has 0 saturated carbocycles. The fraction of sp³-hybridized carbons (Fsp3) is 0.394. The largest absolute Gasteiger partial charge is 0.310 e. The van der Waals surface area contributed by atoms with E-state index in [1.54, 1.807) is 0 Å². The average Bonchev–Trinajstić information content (AvgIpc) is 2.87. The lowest BCUT2D eigenvalue weighted by atomic mass is 10.0. The van der Waals surface area contributed by atoms with Gasteiger partial charge in [-0.2, -0.15) is 0 Å². The third-order valence-electron chi connectivity index (χ3n) is 5.01. The highest BCUT2D eigenvalue weighted by molar-refractivity contribution is 5.77. The van der Waals surface area contributed by atoms with Gasteiger partial charge in [-0.05, 0) is 59.4 Å². The minimum Gasteiger partial charge on any atom is -0.310 e. The minimum absolute atomic E-state index is 0.535. The van der Waals surface area contributed by atoms with Crippen molar-refractivity contribution in [1.29, 1.82) is 0 Å². The van der Waals surface area contributed by atoms with Crippen molar-refractivity contribution in [2.75, 3.05) is 4.90 Å². The fourth-order valence-electron chi connectivity index (χ4n) is 2.82. The third-order valence-corrected chi connectivity index (χ3v) is 5.01. The number of rotatable bonds is 6. The van der Waals surface area contributed by atoms with Gasteiger partial charge in [0, 0.05) is 17.1 Å². The molecule has 0 spiro atoms. The van der Waals surface area contributed by atoms with Gasteiger partial charge >= 0.3 is 0 Å². The Morgan fingerprint density at radius 2 is 1.18 bits per heavy atom. The van der Waals surface area contributed by atoms with Gasteiger partial charge in [0.2, 0.25) is 0 Å². The molecule has 0 amide bonds. The smallest absolute Gasteiger partial charge is 0.0467 e. The summed E-state index contributed by atoms with van der Waals surface area (Å²) in [6, 6.07) is 27.7. The van der Waals surface area contributed by atoms with Gasteiger partial charge in [0.05, 0.1) is 0 Å². The van der Waals surface area contributed by atoms with Crippen LogP contribution in [0.15, 0.2) is 85.4 Å². The molecular formula is C33H49N. The molecular weight excluding hydrogens is 410 g/mol. The second-order valence-corrected chi connectivity index (χ2v) is 8.73. The summed E-state index contributed by atoms with van der Waals surface area (Å²) in [6.07, 6.45) is 4.44. The summed E-state index contributed by atoms with van der Waals surface area (Å²) in [5.41, 5.74) is 5.91. The third kappa shape index (κ3) is 11.4. The van der Waals surface area contributed by atoms with Crippen molar-refractivity contribution >= 4 is 23.1 Å². The standard InChI is InChI=1S/C23H23N.C5H12.C3H8.C2H6/c1-4-19-9-8-12-23(17-19)24(21-10-6-5-7-11-21)22-15-13-20(14-16-22)18(2)3;1-4-5(2)3;1-3-2;1-2/h4-18H,1H2,2-3H3;5H,4H2,1-3H3;3H2,1-2H3;1-2H3. The topological polar surface area (TPSA) is 3.24 Å². The molecule has 3 aromatic carbocycles. The monoisotopic (exact) mass is 459 g/mol. The maximum atomic E-state index is 3.89. The van der Waals surface area contributed by atoms with Crippen molar-refractivity contribution in [3.05, 3.63) is 96.6 Å². The summed E-state index contributed by atoms with van der Waals surface area (Å²) in [4.78, 5) is 2.27. The molecule has 0 fully saturated rings. The van der Waals surface area contributed by atoms with Crippen LogP contribution in [-0.4, -0.2) is 0 Å². The van der Waals surface area contributed by atoms with E-state index in [0.29, 0.717) is 5.92 Å². The summed E-state index contributed by atoms with van der Waals surface area (Å²) >= 11 is 0. The van der Waals surface area contributed by atoms with Crippen LogP contribution in [0.3, 0.4) is 0 Å². The lowest BCUT2D eigenvalue weighted by molar-refractivity contribution is 0.626. The summed E-state index contributed by atoms with van der Waals surface area (Å²) in [7, 11) is 0. The fourth-order valence-corrected chi connectivity index (χ4v) is 2.82. The Labute approximate surface area is 211 Å². The highest BCUT2D eigenvalue weighted by Crippen LogP contribution is 2.35. The molecule has 0 radical (unpaired) electrons. The second-order valence-electron chi connectivity index (χ2n) is 8.73. The molecule has 1 heteroatoms. The molecule has 0 unspecified atom stereocenters. The van der Waals surface area contributed by atoms with E-state index in [2.05, 4.69) is 133 Å². The van der Waals surface area contributed by atoms with Gasteiger partial charge in [0.15, 0.2) is 0 Å². The number of hydrogen-bond donors (Lipinski definition) is 0. The Kier molecular flexibility index (Phi) is 17.1. The molecule has 0 aliphatic heterocycles. The first-order valence-electron chi connectivity index (χ1n) is 13.0. The van der Waals surface area contributed by atoms with Crippen LogP contribution in [0.2, 0.25) is 0 Å². The molecule has 0 atom stereocenters. The van der Waals surface area contributed by atoms with Crippen molar-refractivity contribution in [3.8, 4) is 0 Å². The van der Waals surface area contributed by atoms with Gasteiger partial charge in [-0.3, -0.25) is 0 Å². The Balaban J connectivity index is 0.000000935. The van der Waals surface area contributed by atoms with E-state index in [1.165, 1.54) is 18.4 Å². The normalized spacial score (nSPS) is 9.62. The van der Waals surface area contributed by atoms with Crippen LogP contribution in [0.1, 0.15) is 92.2 Å². The zero-order chi connectivity index (χ0) is 25.9. The molecule has 0 aromatic heterocycles. The zero-order valence-electron chi connectivity index (χ0n) is 23.3. The van der Waals surface area contributed by atoms with E-state index >= 15 is 0 Å². The van der Waals surface area contributed by atoms with Gasteiger partial charge in [0.1, 0.15) is 0 Å². The van der Waals surface area contributed by atoms with Gasteiger partial charge in [-0.15, -0.1) is 0 Å². The summed E-state index contributed by atoms with van der Waals surface area (Å²) in [5, 5.41) is 0. The van der Waals surface area contributed by atoms with Crippen LogP contribution < -0.4 is 4.90 Å². The number of benzene rings is 3. The van der Waals surface area contributed by atoms with E-state index in [9.17, 15) is 0 Å². The SMILES string of the molecule is C=Cc1cccc(N(c2ccccc2)c2ccc(C(C)C)cc2)c1.CC.CCC.CCC(C)C. The summed E-state index contributed by atoms with van der Waals surface area (Å²) < 4.78 is 0. The van der Waals surface area contributed by atoms with E-state index < -0.39 is 0 Å². The van der Waals surface area contributed by atoms with Crippen molar-refractivity contribution in [1.82, 2.24) is 0 Å². The quantitative estimate of drug-likeness (QED) is 0.354. The first-order chi connectivity index (χ1) is 16.4. The van der Waals surface area contributed by atoms with Crippen LogP contribution in [0.25, 0.3) is 6.08 Å². The van der Waals surface area contributed by atoms with E-state index in [0.717, 1.165) is 28.5 Å². The summed E-state index contributed by atoms with van der Waals surface area (Å²) in [5.74, 6) is 1.42. The van der Waals surface area contributed by atoms with Gasteiger partial charge in [-0.1, -0.05) is 130 Å². The highest BCUT2D eigenvalue weighted by Gasteiger charge is 2.12. The van der Waals surface area contributed by atoms with Crippen molar-refractivity contribution < 1.29 is 0 Å².